The Morgan fingerprint density at radius 2 is 1.61 bits per heavy atom. The predicted octanol–water partition coefficient (Wildman–Crippen LogP) is 4.86. The molecule has 0 unspecified atom stereocenters. The Labute approximate surface area is 191 Å². The molecule has 0 spiro atoms. The second kappa shape index (κ2) is 8.19. The smallest absolute Gasteiger partial charge is 0.264 e. The zero-order valence-corrected chi connectivity index (χ0v) is 18.2. The van der Waals surface area contributed by atoms with E-state index in [9.17, 15) is 14.7 Å². The maximum absolute atomic E-state index is 13.6. The van der Waals surface area contributed by atoms with Gasteiger partial charge in [0.1, 0.15) is 5.75 Å². The molecule has 4 aromatic rings. The summed E-state index contributed by atoms with van der Waals surface area (Å²) in [5.41, 5.74) is 0.422. The molecule has 0 saturated heterocycles. The van der Waals surface area contributed by atoms with Crippen molar-refractivity contribution < 1.29 is 19.4 Å². The van der Waals surface area contributed by atoms with Gasteiger partial charge in [-0.15, -0.1) is 0 Å². The summed E-state index contributed by atoms with van der Waals surface area (Å²) in [5.74, 6) is -0.442. The maximum atomic E-state index is 13.6. The van der Waals surface area contributed by atoms with Crippen molar-refractivity contribution in [3.05, 3.63) is 108 Å². The highest BCUT2D eigenvalue weighted by Crippen LogP contribution is 2.44. The van der Waals surface area contributed by atoms with E-state index in [2.05, 4.69) is 0 Å². The molecule has 33 heavy (non-hydrogen) atoms. The fourth-order valence-electron chi connectivity index (χ4n) is 4.64. The third-order valence-electron chi connectivity index (χ3n) is 6.27. The SMILES string of the molecule is COc1ccccc1C(=O)C[C@@]1(O)C(=O)N(Cc2cccc3ccccc23)c2ccccc21. The summed E-state index contributed by atoms with van der Waals surface area (Å²) < 4.78 is 5.30. The van der Waals surface area contributed by atoms with E-state index in [1.165, 1.54) is 7.11 Å². The number of rotatable bonds is 6. The highest BCUT2D eigenvalue weighted by Gasteiger charge is 2.51. The van der Waals surface area contributed by atoms with Crippen LogP contribution in [-0.4, -0.2) is 23.9 Å². The zero-order valence-electron chi connectivity index (χ0n) is 18.2. The number of carbonyl (C=O) groups excluding carboxylic acids is 2. The van der Waals surface area contributed by atoms with Gasteiger partial charge in [0.25, 0.3) is 5.91 Å². The molecule has 0 aliphatic carbocycles. The lowest BCUT2D eigenvalue weighted by molar-refractivity contribution is -0.136. The van der Waals surface area contributed by atoms with E-state index < -0.39 is 11.5 Å². The fraction of sp³-hybridized carbons (Fsp3) is 0.143. The number of Topliss-reactive ketones (excluding diaryl/α,β-unsaturated/α-hetero) is 1. The molecule has 5 heteroatoms. The van der Waals surface area contributed by atoms with Gasteiger partial charge in [-0.25, -0.2) is 0 Å². The van der Waals surface area contributed by atoms with E-state index in [0.29, 0.717) is 29.1 Å². The van der Waals surface area contributed by atoms with Crippen LogP contribution in [0.3, 0.4) is 0 Å². The summed E-state index contributed by atoms with van der Waals surface area (Å²) in [6.07, 6.45) is -0.366. The maximum Gasteiger partial charge on any atom is 0.264 e. The molecule has 5 rings (SSSR count). The van der Waals surface area contributed by atoms with E-state index >= 15 is 0 Å². The van der Waals surface area contributed by atoms with Gasteiger partial charge < -0.3 is 14.7 Å². The number of hydrogen-bond donors (Lipinski definition) is 1. The number of nitrogens with zero attached hydrogens (tertiary/aromatic N) is 1. The Morgan fingerprint density at radius 3 is 2.45 bits per heavy atom. The Bertz CT molecular complexity index is 1370. The van der Waals surface area contributed by atoms with E-state index in [0.717, 1.165) is 16.3 Å². The van der Waals surface area contributed by atoms with Crippen molar-refractivity contribution in [2.24, 2.45) is 0 Å². The van der Waals surface area contributed by atoms with Crippen LogP contribution in [0.15, 0.2) is 91.0 Å². The van der Waals surface area contributed by atoms with E-state index in [-0.39, 0.29) is 12.2 Å². The number of ether oxygens (including phenoxy) is 1. The molecule has 1 atom stereocenters. The van der Waals surface area contributed by atoms with Crippen molar-refractivity contribution in [3.63, 3.8) is 0 Å². The van der Waals surface area contributed by atoms with Crippen LogP contribution in [0.5, 0.6) is 5.75 Å². The molecule has 5 nitrogen and oxygen atoms in total. The lowest BCUT2D eigenvalue weighted by Crippen LogP contribution is -2.41. The van der Waals surface area contributed by atoms with Crippen LogP contribution in [0, 0.1) is 0 Å². The predicted molar refractivity (Wildman–Crippen MR) is 127 cm³/mol. The minimum atomic E-state index is -1.95. The van der Waals surface area contributed by atoms with Crippen molar-refractivity contribution in [1.29, 1.82) is 0 Å². The molecule has 164 valence electrons. The van der Waals surface area contributed by atoms with Gasteiger partial charge in [-0.1, -0.05) is 72.8 Å². The molecule has 1 amide bonds. The van der Waals surface area contributed by atoms with Crippen LogP contribution in [0.1, 0.15) is 27.9 Å². The third kappa shape index (κ3) is 3.47. The number of methoxy groups -OCH3 is 1. The summed E-state index contributed by atoms with van der Waals surface area (Å²) in [6.45, 7) is 0.294. The fourth-order valence-corrected chi connectivity index (χ4v) is 4.64. The number of carbonyl (C=O) groups is 2. The van der Waals surface area contributed by atoms with E-state index in [1.54, 1.807) is 41.3 Å². The van der Waals surface area contributed by atoms with Gasteiger partial charge in [0.05, 0.1) is 31.3 Å². The highest BCUT2D eigenvalue weighted by molar-refractivity contribution is 6.11. The lowest BCUT2D eigenvalue weighted by Gasteiger charge is -2.23. The topological polar surface area (TPSA) is 66.8 Å². The number of ketones is 1. The number of hydrogen-bond acceptors (Lipinski definition) is 4. The van der Waals surface area contributed by atoms with Crippen LogP contribution in [0.25, 0.3) is 10.8 Å². The lowest BCUT2D eigenvalue weighted by atomic mass is 9.88. The van der Waals surface area contributed by atoms with Crippen LogP contribution >= 0.6 is 0 Å². The second-order valence-corrected chi connectivity index (χ2v) is 8.21. The first-order valence-corrected chi connectivity index (χ1v) is 10.8. The van der Waals surface area contributed by atoms with Crippen molar-refractivity contribution in [1.82, 2.24) is 0 Å². The average Bonchev–Trinajstić information content (AvgIpc) is 3.06. The Morgan fingerprint density at radius 1 is 0.909 bits per heavy atom. The molecule has 0 fully saturated rings. The number of amides is 1. The Balaban J connectivity index is 1.53. The van der Waals surface area contributed by atoms with Crippen LogP contribution < -0.4 is 9.64 Å². The molecule has 0 aromatic heterocycles. The van der Waals surface area contributed by atoms with Crippen molar-refractivity contribution in [2.75, 3.05) is 12.0 Å². The van der Waals surface area contributed by atoms with Gasteiger partial charge in [0.2, 0.25) is 0 Å². The van der Waals surface area contributed by atoms with Gasteiger partial charge in [-0.3, -0.25) is 9.59 Å². The van der Waals surface area contributed by atoms with E-state index in [4.69, 9.17) is 4.74 Å². The summed E-state index contributed by atoms with van der Waals surface area (Å²) in [5, 5.41) is 13.7. The minimum absolute atomic E-state index is 0.294. The molecule has 0 saturated carbocycles. The van der Waals surface area contributed by atoms with Gasteiger partial charge >= 0.3 is 0 Å². The average molecular weight is 437 g/mol. The third-order valence-corrected chi connectivity index (χ3v) is 6.27. The molecule has 1 aliphatic rings. The molecule has 0 bridgehead atoms. The molecule has 1 aliphatic heterocycles. The Hall–Kier alpha value is -3.96. The summed E-state index contributed by atoms with van der Waals surface area (Å²) in [7, 11) is 1.49. The monoisotopic (exact) mass is 437 g/mol. The first-order chi connectivity index (χ1) is 16.0. The minimum Gasteiger partial charge on any atom is -0.496 e. The first kappa shape index (κ1) is 20.9. The standard InChI is InChI=1S/C28H23NO4/c1-33-26-16-7-4-13-22(26)25(30)17-28(32)23-14-5-6-15-24(23)29(27(28)31)18-20-11-8-10-19-9-2-3-12-21(19)20/h2-16,32H,17-18H2,1H3/t28-/m0/s1. The van der Waals surface area contributed by atoms with Gasteiger partial charge in [0, 0.05) is 5.56 Å². The molecule has 1 N–H and O–H groups in total. The number of fused-ring (bicyclic) bond motifs is 2. The van der Waals surface area contributed by atoms with Crippen molar-refractivity contribution in [2.45, 2.75) is 18.6 Å². The molecular formula is C28H23NO4. The number of para-hydroxylation sites is 2. The largest absolute Gasteiger partial charge is 0.496 e. The first-order valence-electron chi connectivity index (χ1n) is 10.8. The second-order valence-electron chi connectivity index (χ2n) is 8.21. The van der Waals surface area contributed by atoms with Crippen LogP contribution in [0.4, 0.5) is 5.69 Å². The van der Waals surface area contributed by atoms with Crippen LogP contribution in [-0.2, 0) is 16.9 Å². The van der Waals surface area contributed by atoms with Crippen molar-refractivity contribution >= 4 is 28.2 Å². The normalized spacial score (nSPS) is 17.3. The molecule has 1 heterocycles. The molecular weight excluding hydrogens is 414 g/mol. The number of anilines is 1. The number of benzene rings is 4. The Kier molecular flexibility index (Phi) is 5.19. The van der Waals surface area contributed by atoms with Gasteiger partial charge in [0.15, 0.2) is 11.4 Å². The summed E-state index contributed by atoms with van der Waals surface area (Å²) >= 11 is 0. The van der Waals surface area contributed by atoms with Gasteiger partial charge in [-0.05, 0) is 34.5 Å². The van der Waals surface area contributed by atoms with Crippen molar-refractivity contribution in [3.8, 4) is 5.75 Å². The highest BCUT2D eigenvalue weighted by atomic mass is 16.5. The van der Waals surface area contributed by atoms with E-state index in [1.807, 2.05) is 54.6 Å². The summed E-state index contributed by atoms with van der Waals surface area (Å²) in [4.78, 5) is 28.4. The van der Waals surface area contributed by atoms with Crippen LogP contribution in [0.2, 0.25) is 0 Å². The quantitative estimate of drug-likeness (QED) is 0.438. The number of aliphatic hydroxyl groups is 1. The van der Waals surface area contributed by atoms with Gasteiger partial charge in [-0.2, -0.15) is 0 Å². The molecule has 0 radical (unpaired) electrons. The zero-order chi connectivity index (χ0) is 23.0. The summed E-state index contributed by atoms with van der Waals surface area (Å²) in [6, 6.07) is 27.9. The molecule has 4 aromatic carbocycles.